The average Bonchev–Trinajstić information content (AvgIpc) is 2.77. The Hall–Kier alpha value is -1.02. The molecule has 0 saturated heterocycles. The van der Waals surface area contributed by atoms with Gasteiger partial charge in [0.2, 0.25) is 0 Å². The molecule has 19 heavy (non-hydrogen) atoms. The van der Waals surface area contributed by atoms with Gasteiger partial charge in [0.15, 0.2) is 5.96 Å². The summed E-state index contributed by atoms with van der Waals surface area (Å²) < 4.78 is 5.43. The maximum atomic E-state index is 10.3. The van der Waals surface area contributed by atoms with Crippen LogP contribution in [0.15, 0.2) is 34.2 Å². The van der Waals surface area contributed by atoms with Crippen molar-refractivity contribution in [2.75, 3.05) is 20.1 Å². The van der Waals surface area contributed by atoms with Crippen LogP contribution in [0.3, 0.4) is 0 Å². The fraction of sp³-hybridized carbons (Fsp3) is 0.462. The van der Waals surface area contributed by atoms with E-state index in [0.29, 0.717) is 24.8 Å². The van der Waals surface area contributed by atoms with Crippen LogP contribution in [0.1, 0.15) is 18.4 Å². The van der Waals surface area contributed by atoms with E-state index in [1.54, 1.807) is 26.1 Å². The quantitative estimate of drug-likeness (QED) is 0.316. The van der Waals surface area contributed by atoms with Crippen LogP contribution in [0.5, 0.6) is 0 Å². The van der Waals surface area contributed by atoms with E-state index in [9.17, 15) is 5.11 Å². The minimum Gasteiger partial charge on any atom is -0.463 e. The number of aliphatic imine (C=N–C) groups is 1. The third-order valence-electron chi connectivity index (χ3n) is 2.51. The SMILES string of the molecule is C=CCNC(=NC)NCC(C)(O)c1ccc(C)o1.I. The van der Waals surface area contributed by atoms with Gasteiger partial charge in [-0.1, -0.05) is 6.08 Å². The summed E-state index contributed by atoms with van der Waals surface area (Å²) in [5.41, 5.74) is -1.08. The summed E-state index contributed by atoms with van der Waals surface area (Å²) >= 11 is 0. The van der Waals surface area contributed by atoms with Gasteiger partial charge in [-0.15, -0.1) is 30.6 Å². The molecule has 108 valence electrons. The van der Waals surface area contributed by atoms with Crippen LogP contribution in [0, 0.1) is 6.92 Å². The molecule has 0 aliphatic carbocycles. The minimum absolute atomic E-state index is 0. The normalized spacial score (nSPS) is 14.2. The Morgan fingerprint density at radius 2 is 2.21 bits per heavy atom. The van der Waals surface area contributed by atoms with Gasteiger partial charge in [-0.25, -0.2) is 0 Å². The molecule has 1 aromatic rings. The summed E-state index contributed by atoms with van der Waals surface area (Å²) in [6.45, 7) is 8.07. The van der Waals surface area contributed by atoms with Crippen molar-refractivity contribution in [3.63, 3.8) is 0 Å². The smallest absolute Gasteiger partial charge is 0.191 e. The molecule has 1 heterocycles. The predicted molar refractivity (Wildman–Crippen MR) is 88.0 cm³/mol. The highest BCUT2D eigenvalue weighted by molar-refractivity contribution is 14.0. The van der Waals surface area contributed by atoms with Crippen molar-refractivity contribution in [3.05, 3.63) is 36.3 Å². The van der Waals surface area contributed by atoms with Gasteiger partial charge in [0.25, 0.3) is 0 Å². The second kappa shape index (κ2) is 8.21. The average molecular weight is 379 g/mol. The number of aryl methyl sites for hydroxylation is 1. The summed E-state index contributed by atoms with van der Waals surface area (Å²) in [6.07, 6.45) is 1.74. The van der Waals surface area contributed by atoms with E-state index < -0.39 is 5.60 Å². The van der Waals surface area contributed by atoms with Gasteiger partial charge >= 0.3 is 0 Å². The lowest BCUT2D eigenvalue weighted by molar-refractivity contribution is 0.0378. The number of hydrogen-bond donors (Lipinski definition) is 3. The predicted octanol–water partition coefficient (Wildman–Crippen LogP) is 1.76. The van der Waals surface area contributed by atoms with E-state index in [2.05, 4.69) is 22.2 Å². The highest BCUT2D eigenvalue weighted by Gasteiger charge is 2.26. The minimum atomic E-state index is -1.08. The van der Waals surface area contributed by atoms with Crippen molar-refractivity contribution in [1.82, 2.24) is 10.6 Å². The van der Waals surface area contributed by atoms with Gasteiger partial charge in [-0.05, 0) is 26.0 Å². The van der Waals surface area contributed by atoms with Crippen LogP contribution in [-0.2, 0) is 5.60 Å². The standard InChI is InChI=1S/C13H21N3O2.HI/c1-5-8-15-12(14-4)16-9-13(3,17)11-7-6-10(2)18-11;/h5-7,17H,1,8-9H2,2-4H3,(H2,14,15,16);1H. The highest BCUT2D eigenvalue weighted by atomic mass is 127. The van der Waals surface area contributed by atoms with Crippen molar-refractivity contribution in [1.29, 1.82) is 0 Å². The van der Waals surface area contributed by atoms with E-state index in [1.807, 2.05) is 13.0 Å². The number of halogens is 1. The third-order valence-corrected chi connectivity index (χ3v) is 2.51. The van der Waals surface area contributed by atoms with Crippen LogP contribution in [-0.4, -0.2) is 31.2 Å². The summed E-state index contributed by atoms with van der Waals surface area (Å²) in [7, 11) is 1.67. The van der Waals surface area contributed by atoms with Crippen LogP contribution < -0.4 is 10.6 Å². The summed E-state index contributed by atoms with van der Waals surface area (Å²) in [4.78, 5) is 4.03. The number of guanidine groups is 1. The first kappa shape index (κ1) is 18.0. The zero-order chi connectivity index (χ0) is 13.6. The van der Waals surface area contributed by atoms with Crippen molar-refractivity contribution in [2.45, 2.75) is 19.4 Å². The molecule has 0 saturated carbocycles. The first-order chi connectivity index (χ1) is 8.49. The second-order valence-corrected chi connectivity index (χ2v) is 4.28. The fourth-order valence-corrected chi connectivity index (χ4v) is 1.46. The molecule has 5 nitrogen and oxygen atoms in total. The van der Waals surface area contributed by atoms with Gasteiger partial charge < -0.3 is 20.2 Å². The van der Waals surface area contributed by atoms with Gasteiger partial charge in [0, 0.05) is 13.6 Å². The first-order valence-corrected chi connectivity index (χ1v) is 5.84. The molecule has 0 radical (unpaired) electrons. The van der Waals surface area contributed by atoms with Crippen molar-refractivity contribution >= 4 is 29.9 Å². The second-order valence-electron chi connectivity index (χ2n) is 4.28. The monoisotopic (exact) mass is 379 g/mol. The Labute approximate surface area is 131 Å². The van der Waals surface area contributed by atoms with E-state index in [4.69, 9.17) is 4.42 Å². The van der Waals surface area contributed by atoms with Gasteiger partial charge in [-0.3, -0.25) is 4.99 Å². The van der Waals surface area contributed by atoms with Crippen LogP contribution in [0.4, 0.5) is 0 Å². The van der Waals surface area contributed by atoms with Crippen molar-refractivity contribution < 1.29 is 9.52 Å². The zero-order valence-corrected chi connectivity index (χ0v) is 13.9. The molecule has 0 fully saturated rings. The zero-order valence-electron chi connectivity index (χ0n) is 11.6. The number of nitrogens with one attached hydrogen (secondary N) is 2. The Bertz CT molecular complexity index is 427. The van der Waals surface area contributed by atoms with Crippen LogP contribution in [0.2, 0.25) is 0 Å². The van der Waals surface area contributed by atoms with E-state index in [0.717, 1.165) is 5.76 Å². The van der Waals surface area contributed by atoms with E-state index >= 15 is 0 Å². The lowest BCUT2D eigenvalue weighted by Crippen LogP contribution is -2.44. The molecule has 6 heteroatoms. The van der Waals surface area contributed by atoms with Gasteiger partial charge in [0.05, 0.1) is 6.54 Å². The topological polar surface area (TPSA) is 69.8 Å². The lowest BCUT2D eigenvalue weighted by Gasteiger charge is -2.22. The molecule has 3 N–H and O–H groups in total. The molecular weight excluding hydrogens is 357 g/mol. The van der Waals surface area contributed by atoms with E-state index in [1.165, 1.54) is 0 Å². The molecule has 1 unspecified atom stereocenters. The molecular formula is C13H22IN3O2. The molecule has 0 aliphatic heterocycles. The molecule has 1 atom stereocenters. The highest BCUT2D eigenvalue weighted by Crippen LogP contribution is 2.21. The molecule has 0 bridgehead atoms. The maximum absolute atomic E-state index is 10.3. The van der Waals surface area contributed by atoms with Crippen molar-refractivity contribution in [3.8, 4) is 0 Å². The molecule has 0 amide bonds. The third kappa shape index (κ3) is 5.65. The van der Waals surface area contributed by atoms with Gasteiger partial charge in [-0.2, -0.15) is 0 Å². The Morgan fingerprint density at radius 3 is 2.68 bits per heavy atom. The lowest BCUT2D eigenvalue weighted by atomic mass is 10.0. The maximum Gasteiger partial charge on any atom is 0.191 e. The van der Waals surface area contributed by atoms with Gasteiger partial charge in [0.1, 0.15) is 17.1 Å². The number of nitrogens with zero attached hydrogens (tertiary/aromatic N) is 1. The largest absolute Gasteiger partial charge is 0.463 e. The molecule has 1 aromatic heterocycles. The Kier molecular flexibility index (Phi) is 7.77. The number of aliphatic hydroxyl groups is 1. The molecule has 1 rings (SSSR count). The number of furan rings is 1. The van der Waals surface area contributed by atoms with Crippen molar-refractivity contribution in [2.24, 2.45) is 4.99 Å². The fourth-order valence-electron chi connectivity index (χ4n) is 1.46. The summed E-state index contributed by atoms with van der Waals surface area (Å²) in [6, 6.07) is 3.60. The number of hydrogen-bond acceptors (Lipinski definition) is 3. The molecule has 0 aliphatic rings. The molecule has 0 aromatic carbocycles. The summed E-state index contributed by atoms with van der Waals surface area (Å²) in [5.74, 6) is 1.92. The molecule has 0 spiro atoms. The van der Waals surface area contributed by atoms with Crippen LogP contribution in [0.25, 0.3) is 0 Å². The first-order valence-electron chi connectivity index (χ1n) is 5.84. The Morgan fingerprint density at radius 1 is 1.53 bits per heavy atom. The van der Waals surface area contributed by atoms with Crippen LogP contribution >= 0.6 is 24.0 Å². The number of rotatable bonds is 5. The Balaban J connectivity index is 0.00000324. The summed E-state index contributed by atoms with van der Waals surface area (Å²) in [5, 5.41) is 16.4. The van der Waals surface area contributed by atoms with E-state index in [-0.39, 0.29) is 24.0 Å².